The van der Waals surface area contributed by atoms with E-state index in [2.05, 4.69) is 48.2 Å². The van der Waals surface area contributed by atoms with Crippen molar-refractivity contribution < 1.29 is 5.21 Å². The highest BCUT2D eigenvalue weighted by Gasteiger charge is 2.12. The van der Waals surface area contributed by atoms with E-state index >= 15 is 0 Å². The van der Waals surface area contributed by atoms with E-state index in [0.29, 0.717) is 0 Å². The Morgan fingerprint density at radius 2 is 2.00 bits per heavy atom. The molecule has 1 aromatic rings. The molecule has 1 aromatic carbocycles. The zero-order valence-corrected chi connectivity index (χ0v) is 11.4. The Hall–Kier alpha value is -1.55. The third-order valence-corrected chi connectivity index (χ3v) is 3.13. The van der Waals surface area contributed by atoms with Crippen molar-refractivity contribution in [2.24, 2.45) is 16.8 Å². The standard InChI is InChI=1S/C14H23N3O/c1-4-17(9-12(3)14(15)16-18)10-13-7-5-11(2)6-8-13/h5-8,12,18H,4,9-10H2,1-3H3,(H2,15,16). The number of aryl methyl sites for hydroxylation is 1. The monoisotopic (exact) mass is 249 g/mol. The lowest BCUT2D eigenvalue weighted by Crippen LogP contribution is -2.34. The van der Waals surface area contributed by atoms with Crippen LogP contribution in [0.25, 0.3) is 0 Å². The first kappa shape index (κ1) is 14.5. The van der Waals surface area contributed by atoms with Gasteiger partial charge in [-0.2, -0.15) is 0 Å². The largest absolute Gasteiger partial charge is 0.409 e. The first-order chi connectivity index (χ1) is 8.56. The lowest BCUT2D eigenvalue weighted by atomic mass is 10.1. The molecule has 3 N–H and O–H groups in total. The van der Waals surface area contributed by atoms with Crippen LogP contribution in [0, 0.1) is 12.8 Å². The second kappa shape index (κ2) is 7.01. The van der Waals surface area contributed by atoms with Crippen molar-refractivity contribution in [3.63, 3.8) is 0 Å². The summed E-state index contributed by atoms with van der Waals surface area (Å²) in [4.78, 5) is 2.29. The van der Waals surface area contributed by atoms with Gasteiger partial charge in [0, 0.05) is 19.0 Å². The first-order valence-electron chi connectivity index (χ1n) is 6.32. The van der Waals surface area contributed by atoms with Gasteiger partial charge in [-0.1, -0.05) is 48.8 Å². The number of hydrogen-bond acceptors (Lipinski definition) is 3. The van der Waals surface area contributed by atoms with Crippen LogP contribution >= 0.6 is 0 Å². The van der Waals surface area contributed by atoms with E-state index in [0.717, 1.165) is 19.6 Å². The molecule has 0 saturated heterocycles. The molecule has 0 saturated carbocycles. The van der Waals surface area contributed by atoms with Crippen molar-refractivity contribution in [2.45, 2.75) is 27.3 Å². The highest BCUT2D eigenvalue weighted by molar-refractivity contribution is 5.82. The summed E-state index contributed by atoms with van der Waals surface area (Å²) in [6.45, 7) is 8.79. The molecule has 1 atom stereocenters. The van der Waals surface area contributed by atoms with Gasteiger partial charge in [-0.3, -0.25) is 4.90 Å². The highest BCUT2D eigenvalue weighted by Crippen LogP contribution is 2.09. The second-order valence-electron chi connectivity index (χ2n) is 4.74. The van der Waals surface area contributed by atoms with Crippen LogP contribution in [-0.2, 0) is 6.54 Å². The average Bonchev–Trinajstić information content (AvgIpc) is 2.39. The molecule has 0 aromatic heterocycles. The summed E-state index contributed by atoms with van der Waals surface area (Å²) in [7, 11) is 0. The summed E-state index contributed by atoms with van der Waals surface area (Å²) in [5, 5.41) is 11.7. The molecule has 0 bridgehead atoms. The minimum absolute atomic E-state index is 0.0559. The van der Waals surface area contributed by atoms with Gasteiger partial charge < -0.3 is 10.9 Å². The minimum atomic E-state index is 0.0559. The van der Waals surface area contributed by atoms with Crippen LogP contribution in [0.1, 0.15) is 25.0 Å². The topological polar surface area (TPSA) is 61.8 Å². The summed E-state index contributed by atoms with van der Waals surface area (Å²) >= 11 is 0. The number of oxime groups is 1. The van der Waals surface area contributed by atoms with Crippen molar-refractivity contribution >= 4 is 5.84 Å². The second-order valence-corrected chi connectivity index (χ2v) is 4.74. The van der Waals surface area contributed by atoms with Crippen molar-refractivity contribution in [2.75, 3.05) is 13.1 Å². The maximum absolute atomic E-state index is 8.66. The Balaban J connectivity index is 2.59. The van der Waals surface area contributed by atoms with Crippen LogP contribution in [0.4, 0.5) is 0 Å². The average molecular weight is 249 g/mol. The van der Waals surface area contributed by atoms with Gasteiger partial charge in [0.1, 0.15) is 5.84 Å². The van der Waals surface area contributed by atoms with E-state index in [1.807, 2.05) is 6.92 Å². The molecular formula is C14H23N3O. The number of nitrogens with zero attached hydrogens (tertiary/aromatic N) is 2. The zero-order chi connectivity index (χ0) is 13.5. The predicted molar refractivity (Wildman–Crippen MR) is 74.7 cm³/mol. The SMILES string of the molecule is CCN(Cc1ccc(C)cc1)CC(C)/C(N)=N/O. The van der Waals surface area contributed by atoms with Gasteiger partial charge in [-0.15, -0.1) is 0 Å². The van der Waals surface area contributed by atoms with Gasteiger partial charge >= 0.3 is 0 Å². The Bertz CT molecular complexity index is 387. The molecule has 0 aliphatic rings. The highest BCUT2D eigenvalue weighted by atomic mass is 16.4. The van der Waals surface area contributed by atoms with Crippen molar-refractivity contribution in [1.82, 2.24) is 4.90 Å². The van der Waals surface area contributed by atoms with Crippen molar-refractivity contribution in [3.8, 4) is 0 Å². The molecule has 0 spiro atoms. The molecule has 1 rings (SSSR count). The number of hydrogen-bond donors (Lipinski definition) is 2. The maximum atomic E-state index is 8.66. The summed E-state index contributed by atoms with van der Waals surface area (Å²) in [5.74, 6) is 0.345. The van der Waals surface area contributed by atoms with Gasteiger partial charge in [-0.25, -0.2) is 0 Å². The lowest BCUT2D eigenvalue weighted by Gasteiger charge is -2.23. The molecular weight excluding hydrogens is 226 g/mol. The van der Waals surface area contributed by atoms with Crippen molar-refractivity contribution in [1.29, 1.82) is 0 Å². The number of rotatable bonds is 6. The van der Waals surface area contributed by atoms with Crippen LogP contribution in [0.15, 0.2) is 29.4 Å². The van der Waals surface area contributed by atoms with Crippen LogP contribution in [0.5, 0.6) is 0 Å². The molecule has 4 nitrogen and oxygen atoms in total. The van der Waals surface area contributed by atoms with Crippen LogP contribution < -0.4 is 5.73 Å². The van der Waals surface area contributed by atoms with Crippen LogP contribution in [0.3, 0.4) is 0 Å². The van der Waals surface area contributed by atoms with E-state index in [9.17, 15) is 0 Å². The summed E-state index contributed by atoms with van der Waals surface area (Å²) in [6, 6.07) is 8.53. The Kier molecular flexibility index (Phi) is 5.65. The lowest BCUT2D eigenvalue weighted by molar-refractivity contribution is 0.257. The molecule has 100 valence electrons. The van der Waals surface area contributed by atoms with Crippen LogP contribution in [-0.4, -0.2) is 29.0 Å². The number of amidine groups is 1. The molecule has 0 amide bonds. The maximum Gasteiger partial charge on any atom is 0.143 e. The fourth-order valence-corrected chi connectivity index (χ4v) is 1.84. The molecule has 1 unspecified atom stereocenters. The third kappa shape index (κ3) is 4.37. The van der Waals surface area contributed by atoms with Gasteiger partial charge in [0.15, 0.2) is 0 Å². The van der Waals surface area contributed by atoms with Gasteiger partial charge in [-0.05, 0) is 19.0 Å². The molecule has 0 heterocycles. The zero-order valence-electron chi connectivity index (χ0n) is 11.4. The van der Waals surface area contributed by atoms with Gasteiger partial charge in [0.2, 0.25) is 0 Å². The number of benzene rings is 1. The summed E-state index contributed by atoms with van der Waals surface area (Å²) in [5.41, 5.74) is 8.16. The smallest absolute Gasteiger partial charge is 0.143 e. The summed E-state index contributed by atoms with van der Waals surface area (Å²) < 4.78 is 0. The van der Waals surface area contributed by atoms with E-state index in [1.54, 1.807) is 0 Å². The normalized spacial score (nSPS) is 13.9. The molecule has 0 aliphatic heterocycles. The van der Waals surface area contributed by atoms with E-state index in [1.165, 1.54) is 11.1 Å². The third-order valence-electron chi connectivity index (χ3n) is 3.13. The first-order valence-corrected chi connectivity index (χ1v) is 6.32. The predicted octanol–water partition coefficient (Wildman–Crippen LogP) is 2.20. The van der Waals surface area contributed by atoms with Crippen LogP contribution in [0.2, 0.25) is 0 Å². The molecule has 4 heteroatoms. The quantitative estimate of drug-likeness (QED) is 0.351. The Morgan fingerprint density at radius 3 is 2.50 bits per heavy atom. The fourth-order valence-electron chi connectivity index (χ4n) is 1.84. The van der Waals surface area contributed by atoms with Gasteiger partial charge in [0.05, 0.1) is 0 Å². The number of nitrogens with two attached hydrogens (primary N) is 1. The molecule has 18 heavy (non-hydrogen) atoms. The molecule has 0 fully saturated rings. The van der Waals surface area contributed by atoms with Crippen molar-refractivity contribution in [3.05, 3.63) is 35.4 Å². The van der Waals surface area contributed by atoms with Gasteiger partial charge in [0.25, 0.3) is 0 Å². The molecule has 0 radical (unpaired) electrons. The fraction of sp³-hybridized carbons (Fsp3) is 0.500. The van der Waals surface area contributed by atoms with E-state index in [4.69, 9.17) is 10.9 Å². The van der Waals surface area contributed by atoms with E-state index < -0.39 is 0 Å². The Labute approximate surface area is 109 Å². The minimum Gasteiger partial charge on any atom is -0.409 e. The van der Waals surface area contributed by atoms with E-state index in [-0.39, 0.29) is 11.8 Å². The summed E-state index contributed by atoms with van der Waals surface area (Å²) in [6.07, 6.45) is 0. The molecule has 0 aliphatic carbocycles. The Morgan fingerprint density at radius 1 is 1.39 bits per heavy atom.